The van der Waals surface area contributed by atoms with E-state index < -0.39 is 5.91 Å². The second kappa shape index (κ2) is 3.61. The Kier molecular flexibility index (Phi) is 2.49. The summed E-state index contributed by atoms with van der Waals surface area (Å²) in [6.07, 6.45) is 0.220. The molecule has 0 aliphatic carbocycles. The molecule has 0 spiro atoms. The van der Waals surface area contributed by atoms with Crippen LogP contribution >= 0.6 is 0 Å². The lowest BCUT2D eigenvalue weighted by molar-refractivity contribution is -0.398. The highest BCUT2D eigenvalue weighted by Crippen LogP contribution is 1.97. The molecule has 1 aromatic rings. The van der Waals surface area contributed by atoms with Crippen LogP contribution in [0, 0.1) is 0 Å². The van der Waals surface area contributed by atoms with Crippen LogP contribution in [0.3, 0.4) is 0 Å². The Morgan fingerprint density at radius 1 is 1.36 bits per heavy atom. The molecular formula is C8H8N2O. The Morgan fingerprint density at radius 3 is 2.55 bits per heavy atom. The number of carbonyl (C=O) groups is 1. The molecule has 1 aromatic carbocycles. The standard InChI is InChI=1S/C8H8N2O/c9-10-8(11)6-7-4-2-1-3-5-7/h1-5,10H,6H2. The van der Waals surface area contributed by atoms with Gasteiger partial charge in [0.05, 0.1) is 6.42 Å². The van der Waals surface area contributed by atoms with E-state index in [9.17, 15) is 4.79 Å². The van der Waals surface area contributed by atoms with Gasteiger partial charge < -0.3 is 5.53 Å². The zero-order valence-corrected chi connectivity index (χ0v) is 5.95. The van der Waals surface area contributed by atoms with Crippen molar-refractivity contribution in [2.24, 2.45) is 0 Å². The van der Waals surface area contributed by atoms with Crippen molar-refractivity contribution in [2.45, 2.75) is 6.42 Å². The summed E-state index contributed by atoms with van der Waals surface area (Å²) in [4.78, 5) is 10.6. The first kappa shape index (κ1) is 7.60. The van der Waals surface area contributed by atoms with E-state index >= 15 is 0 Å². The molecule has 1 amide bonds. The van der Waals surface area contributed by atoms with Crippen LogP contribution in [-0.2, 0) is 11.2 Å². The minimum atomic E-state index is -0.392. The molecule has 0 aliphatic heterocycles. The highest BCUT2D eigenvalue weighted by Gasteiger charge is 2.01. The first-order valence-corrected chi connectivity index (χ1v) is 3.30. The summed E-state index contributed by atoms with van der Waals surface area (Å²) in [6.45, 7) is 0. The molecule has 0 atom stereocenters. The fraction of sp³-hybridized carbons (Fsp3) is 0.125. The van der Waals surface area contributed by atoms with Crippen LogP contribution in [0.5, 0.6) is 0 Å². The van der Waals surface area contributed by atoms with Crippen molar-refractivity contribution in [3.8, 4) is 0 Å². The summed E-state index contributed by atoms with van der Waals surface area (Å²) in [5.74, 6) is -0.392. The van der Waals surface area contributed by atoms with Crippen LogP contribution < -0.4 is 5.11 Å². The lowest BCUT2D eigenvalue weighted by atomic mass is 10.1. The Hall–Kier alpha value is -1.51. The third-order valence-electron chi connectivity index (χ3n) is 1.33. The van der Waals surface area contributed by atoms with E-state index in [0.29, 0.717) is 0 Å². The molecule has 1 rings (SSSR count). The van der Waals surface area contributed by atoms with Gasteiger partial charge in [0.1, 0.15) is 0 Å². The fourth-order valence-electron chi connectivity index (χ4n) is 0.821. The lowest BCUT2D eigenvalue weighted by Crippen LogP contribution is -2.69. The molecule has 0 heterocycles. The third kappa shape index (κ3) is 2.29. The number of hydrogen-bond acceptors (Lipinski definition) is 1. The minimum Gasteiger partial charge on any atom is -0.499 e. The zero-order chi connectivity index (χ0) is 8.10. The van der Waals surface area contributed by atoms with Crippen LogP contribution in [0.15, 0.2) is 30.3 Å². The van der Waals surface area contributed by atoms with E-state index in [1.54, 1.807) is 5.11 Å². The van der Waals surface area contributed by atoms with Gasteiger partial charge in [-0.05, 0) is 5.56 Å². The topological polar surface area (TPSA) is 53.3 Å². The number of nitrogens with one attached hydrogen (secondary N) is 1. The Labute approximate surface area is 64.6 Å². The maximum atomic E-state index is 10.6. The van der Waals surface area contributed by atoms with Gasteiger partial charge in [0.15, 0.2) is 0 Å². The Bertz CT molecular complexity index is 256. The van der Waals surface area contributed by atoms with Gasteiger partial charge in [0.25, 0.3) is 0 Å². The molecule has 0 bridgehead atoms. The van der Waals surface area contributed by atoms with Gasteiger partial charge in [-0.2, -0.15) is 0 Å². The van der Waals surface area contributed by atoms with Gasteiger partial charge in [-0.25, -0.2) is 4.79 Å². The lowest BCUT2D eigenvalue weighted by Gasteiger charge is -1.92. The monoisotopic (exact) mass is 148 g/mol. The van der Waals surface area contributed by atoms with E-state index in [0.717, 1.165) is 5.56 Å². The zero-order valence-electron chi connectivity index (χ0n) is 5.95. The van der Waals surface area contributed by atoms with E-state index in [4.69, 9.17) is 5.53 Å². The maximum Gasteiger partial charge on any atom is 0.378 e. The van der Waals surface area contributed by atoms with Gasteiger partial charge in [0.2, 0.25) is 0 Å². The van der Waals surface area contributed by atoms with Gasteiger partial charge >= 0.3 is 5.91 Å². The summed E-state index contributed by atoms with van der Waals surface area (Å²) in [7, 11) is 0. The molecule has 0 radical (unpaired) electrons. The molecule has 0 fully saturated rings. The predicted octanol–water partition coefficient (Wildman–Crippen LogP) is -0.142. The summed E-state index contributed by atoms with van der Waals surface area (Å²) in [6, 6.07) is 9.23. The van der Waals surface area contributed by atoms with Crippen molar-refractivity contribution in [2.75, 3.05) is 0 Å². The maximum absolute atomic E-state index is 10.6. The molecule has 0 saturated heterocycles. The largest absolute Gasteiger partial charge is 0.499 e. The van der Waals surface area contributed by atoms with Crippen molar-refractivity contribution < 1.29 is 9.91 Å². The van der Waals surface area contributed by atoms with Gasteiger partial charge in [-0.15, -0.1) is 0 Å². The normalized spacial score (nSPS) is 9.09. The van der Waals surface area contributed by atoms with Crippen LogP contribution in [0.4, 0.5) is 0 Å². The van der Waals surface area contributed by atoms with Crippen LogP contribution in [0.25, 0.3) is 5.53 Å². The van der Waals surface area contributed by atoms with Crippen molar-refractivity contribution in [3.05, 3.63) is 41.4 Å². The number of amides is 1. The van der Waals surface area contributed by atoms with Crippen molar-refractivity contribution in [1.29, 1.82) is 0 Å². The van der Waals surface area contributed by atoms with E-state index in [1.807, 2.05) is 30.3 Å². The molecule has 0 aromatic heterocycles. The van der Waals surface area contributed by atoms with E-state index in [1.165, 1.54) is 0 Å². The molecule has 3 nitrogen and oxygen atoms in total. The second-order valence-corrected chi connectivity index (χ2v) is 2.20. The van der Waals surface area contributed by atoms with E-state index in [2.05, 4.69) is 0 Å². The molecule has 0 aliphatic rings. The van der Waals surface area contributed by atoms with Crippen LogP contribution in [-0.4, -0.2) is 5.91 Å². The molecule has 11 heavy (non-hydrogen) atoms. The van der Waals surface area contributed by atoms with Gasteiger partial charge in [-0.3, -0.25) is 5.11 Å². The van der Waals surface area contributed by atoms with Crippen molar-refractivity contribution in [1.82, 2.24) is 0 Å². The Balaban J connectivity index is 2.65. The summed E-state index contributed by atoms with van der Waals surface area (Å²) >= 11 is 0. The number of benzene rings is 1. The quantitative estimate of drug-likeness (QED) is 0.583. The highest BCUT2D eigenvalue weighted by atomic mass is 16.1. The smallest absolute Gasteiger partial charge is 0.378 e. The summed E-state index contributed by atoms with van der Waals surface area (Å²) in [5.41, 5.74) is 9.08. The summed E-state index contributed by atoms with van der Waals surface area (Å²) < 4.78 is 0. The number of rotatable bonds is 2. The number of hydrogen-bond donors (Lipinski definition) is 1. The predicted molar refractivity (Wildman–Crippen MR) is 39.5 cm³/mol. The second-order valence-electron chi connectivity index (χ2n) is 2.20. The molecule has 0 unspecified atom stereocenters. The molecule has 56 valence electrons. The minimum absolute atomic E-state index is 0.220. The Morgan fingerprint density at radius 2 is 2.00 bits per heavy atom. The fourth-order valence-corrected chi connectivity index (χ4v) is 0.821. The van der Waals surface area contributed by atoms with Gasteiger partial charge in [0, 0.05) is 0 Å². The average Bonchev–Trinajstić information content (AvgIpc) is 2.06. The molecule has 0 saturated carbocycles. The first-order valence-electron chi connectivity index (χ1n) is 3.30. The third-order valence-corrected chi connectivity index (χ3v) is 1.33. The van der Waals surface area contributed by atoms with Crippen LogP contribution in [0.2, 0.25) is 0 Å². The van der Waals surface area contributed by atoms with Crippen LogP contribution in [0.1, 0.15) is 5.56 Å². The average molecular weight is 148 g/mol. The van der Waals surface area contributed by atoms with Gasteiger partial charge in [-0.1, -0.05) is 30.3 Å². The summed E-state index contributed by atoms with van der Waals surface area (Å²) in [5, 5.41) is 1.57. The first-order chi connectivity index (χ1) is 5.33. The SMILES string of the molecule is [N-]=[NH+]C(=O)Cc1ccccc1. The molecule has 3 heteroatoms. The van der Waals surface area contributed by atoms with Crippen molar-refractivity contribution in [3.63, 3.8) is 0 Å². The van der Waals surface area contributed by atoms with E-state index in [-0.39, 0.29) is 6.42 Å². The van der Waals surface area contributed by atoms with Crippen molar-refractivity contribution >= 4 is 5.91 Å². The highest BCUT2D eigenvalue weighted by molar-refractivity contribution is 5.68. The number of carbonyl (C=O) groups excluding carboxylic acids is 1. The number of nitrogens with zero attached hydrogens (tertiary/aromatic N) is 1. The molecular weight excluding hydrogens is 140 g/mol. The molecule has 1 N–H and O–H groups in total.